The van der Waals surface area contributed by atoms with Crippen molar-refractivity contribution in [1.29, 1.82) is 0 Å². The molecule has 0 aromatic heterocycles. The van der Waals surface area contributed by atoms with Crippen molar-refractivity contribution in [2.24, 2.45) is 0 Å². The lowest BCUT2D eigenvalue weighted by molar-refractivity contribution is 0.651. The normalized spacial score (nSPS) is 21.9. The second-order valence-electron chi connectivity index (χ2n) is 4.91. The van der Waals surface area contributed by atoms with Crippen molar-refractivity contribution in [3.05, 3.63) is 28.2 Å². The second kappa shape index (κ2) is 5.40. The van der Waals surface area contributed by atoms with Crippen LogP contribution >= 0.6 is 15.9 Å². The molecule has 1 aliphatic rings. The van der Waals surface area contributed by atoms with Crippen LogP contribution in [0.4, 0.5) is 5.69 Å². The molecule has 1 aliphatic heterocycles. The lowest BCUT2D eigenvalue weighted by Gasteiger charge is -2.26. The Kier molecular flexibility index (Phi) is 4.10. The molecule has 0 radical (unpaired) electrons. The Morgan fingerprint density at radius 1 is 1.47 bits per heavy atom. The molecule has 2 rings (SSSR count). The number of rotatable bonds is 3. The summed E-state index contributed by atoms with van der Waals surface area (Å²) in [6, 6.07) is 7.78. The van der Waals surface area contributed by atoms with Crippen molar-refractivity contribution in [2.75, 3.05) is 18.5 Å². The average molecular weight is 297 g/mol. The van der Waals surface area contributed by atoms with Crippen molar-refractivity contribution in [2.45, 2.75) is 38.8 Å². The molecule has 1 aromatic rings. The van der Waals surface area contributed by atoms with Crippen LogP contribution in [0.25, 0.3) is 0 Å². The van der Waals surface area contributed by atoms with Gasteiger partial charge in [0.05, 0.1) is 5.69 Å². The van der Waals surface area contributed by atoms with Gasteiger partial charge in [-0.05, 0) is 67.4 Å². The summed E-state index contributed by atoms with van der Waals surface area (Å²) in [4.78, 5) is 2.50. The van der Waals surface area contributed by atoms with Gasteiger partial charge in [0.15, 0.2) is 0 Å². The third kappa shape index (κ3) is 2.66. The lowest BCUT2D eigenvalue weighted by atomic mass is 10.1. The van der Waals surface area contributed by atoms with Crippen molar-refractivity contribution in [1.82, 2.24) is 5.32 Å². The summed E-state index contributed by atoms with van der Waals surface area (Å²) in [6.07, 6.45) is 2.61. The van der Waals surface area contributed by atoms with E-state index in [1.807, 2.05) is 7.05 Å². The molecule has 94 valence electrons. The van der Waals surface area contributed by atoms with Crippen LogP contribution in [0.1, 0.15) is 38.3 Å². The molecule has 1 heterocycles. The molecule has 1 saturated heterocycles. The Bertz CT molecular complexity index is 392. The number of nitrogens with one attached hydrogen (secondary N) is 1. The maximum atomic E-state index is 3.71. The number of nitrogens with zero attached hydrogens (tertiary/aromatic N) is 1. The van der Waals surface area contributed by atoms with Gasteiger partial charge < -0.3 is 10.2 Å². The van der Waals surface area contributed by atoms with E-state index in [0.717, 1.165) is 0 Å². The summed E-state index contributed by atoms with van der Waals surface area (Å²) in [5.74, 6) is 0. The highest BCUT2D eigenvalue weighted by atomic mass is 79.9. The predicted octanol–water partition coefficient (Wildman–Crippen LogP) is 3.72. The largest absolute Gasteiger partial charge is 0.368 e. The minimum atomic E-state index is 0.399. The molecule has 1 N–H and O–H groups in total. The number of halogens is 1. The van der Waals surface area contributed by atoms with E-state index < -0.39 is 0 Å². The fourth-order valence-corrected chi connectivity index (χ4v) is 3.11. The lowest BCUT2D eigenvalue weighted by Crippen LogP contribution is -2.26. The SMILES string of the molecule is CNC(C)c1ccc(N2CCCC2C)c(Br)c1. The standard InChI is InChI=1S/C14H21BrN2/c1-10-5-4-8-17(10)14-7-6-12(9-13(14)15)11(2)16-3/h6-7,9-11,16H,4-5,8H2,1-3H3. The highest BCUT2D eigenvalue weighted by Gasteiger charge is 2.22. The highest BCUT2D eigenvalue weighted by Crippen LogP contribution is 2.33. The number of hydrogen-bond acceptors (Lipinski definition) is 2. The minimum absolute atomic E-state index is 0.399. The van der Waals surface area contributed by atoms with Crippen LogP contribution in [0.5, 0.6) is 0 Å². The fourth-order valence-electron chi connectivity index (χ4n) is 2.48. The average Bonchev–Trinajstić information content (AvgIpc) is 2.74. The van der Waals surface area contributed by atoms with Gasteiger partial charge in [-0.15, -0.1) is 0 Å². The van der Waals surface area contributed by atoms with Crippen LogP contribution in [0, 0.1) is 0 Å². The van der Waals surface area contributed by atoms with Crippen LogP contribution in [0.3, 0.4) is 0 Å². The molecule has 2 nitrogen and oxygen atoms in total. The quantitative estimate of drug-likeness (QED) is 0.914. The number of hydrogen-bond donors (Lipinski definition) is 1. The molecule has 0 bridgehead atoms. The Balaban J connectivity index is 2.25. The Labute approximate surface area is 113 Å². The molecule has 17 heavy (non-hydrogen) atoms. The van der Waals surface area contributed by atoms with E-state index in [0.29, 0.717) is 12.1 Å². The molecule has 1 fully saturated rings. The monoisotopic (exact) mass is 296 g/mol. The molecule has 0 spiro atoms. The van der Waals surface area contributed by atoms with Crippen molar-refractivity contribution in [3.8, 4) is 0 Å². The van der Waals surface area contributed by atoms with Gasteiger partial charge >= 0.3 is 0 Å². The molecule has 3 heteroatoms. The second-order valence-corrected chi connectivity index (χ2v) is 5.76. The van der Waals surface area contributed by atoms with Gasteiger partial charge in [-0.2, -0.15) is 0 Å². The van der Waals surface area contributed by atoms with E-state index in [9.17, 15) is 0 Å². The van der Waals surface area contributed by atoms with E-state index in [1.165, 1.54) is 35.1 Å². The fraction of sp³-hybridized carbons (Fsp3) is 0.571. The van der Waals surface area contributed by atoms with E-state index in [2.05, 4.69) is 58.2 Å². The highest BCUT2D eigenvalue weighted by molar-refractivity contribution is 9.10. The summed E-state index contributed by atoms with van der Waals surface area (Å²) in [6.45, 7) is 5.67. The zero-order chi connectivity index (χ0) is 12.4. The molecule has 0 aliphatic carbocycles. The van der Waals surface area contributed by atoms with E-state index in [1.54, 1.807) is 0 Å². The first-order chi connectivity index (χ1) is 8.13. The van der Waals surface area contributed by atoms with Crippen LogP contribution in [-0.2, 0) is 0 Å². The van der Waals surface area contributed by atoms with Crippen molar-refractivity contribution in [3.63, 3.8) is 0 Å². The van der Waals surface area contributed by atoms with Gasteiger partial charge in [0.25, 0.3) is 0 Å². The smallest absolute Gasteiger partial charge is 0.0513 e. The number of anilines is 1. The maximum absolute atomic E-state index is 3.71. The summed E-state index contributed by atoms with van der Waals surface area (Å²) in [7, 11) is 2.00. The predicted molar refractivity (Wildman–Crippen MR) is 77.7 cm³/mol. The van der Waals surface area contributed by atoms with Crippen LogP contribution < -0.4 is 10.2 Å². The van der Waals surface area contributed by atoms with Crippen LogP contribution in [0.15, 0.2) is 22.7 Å². The zero-order valence-electron chi connectivity index (χ0n) is 10.8. The Morgan fingerprint density at radius 3 is 2.76 bits per heavy atom. The van der Waals surface area contributed by atoms with Crippen molar-refractivity contribution < 1.29 is 0 Å². The van der Waals surface area contributed by atoms with Crippen molar-refractivity contribution >= 4 is 21.6 Å². The topological polar surface area (TPSA) is 15.3 Å². The number of benzene rings is 1. The molecule has 2 atom stereocenters. The van der Waals surface area contributed by atoms with Crippen LogP contribution in [-0.4, -0.2) is 19.6 Å². The third-order valence-corrected chi connectivity index (χ3v) is 4.40. The zero-order valence-corrected chi connectivity index (χ0v) is 12.4. The maximum Gasteiger partial charge on any atom is 0.0513 e. The van der Waals surface area contributed by atoms with Gasteiger partial charge in [0, 0.05) is 23.1 Å². The molecule has 2 unspecified atom stereocenters. The molecular formula is C14H21BrN2. The van der Waals surface area contributed by atoms with Crippen LogP contribution in [0.2, 0.25) is 0 Å². The first kappa shape index (κ1) is 12.9. The minimum Gasteiger partial charge on any atom is -0.368 e. The van der Waals surface area contributed by atoms with E-state index in [4.69, 9.17) is 0 Å². The van der Waals surface area contributed by atoms with E-state index >= 15 is 0 Å². The van der Waals surface area contributed by atoms with Gasteiger partial charge in [0.2, 0.25) is 0 Å². The molecular weight excluding hydrogens is 276 g/mol. The first-order valence-corrected chi connectivity index (χ1v) is 7.16. The summed E-state index contributed by atoms with van der Waals surface area (Å²) >= 11 is 3.71. The molecule has 0 saturated carbocycles. The Morgan fingerprint density at radius 2 is 2.24 bits per heavy atom. The van der Waals surface area contributed by atoms with Gasteiger partial charge in [-0.1, -0.05) is 6.07 Å². The Hall–Kier alpha value is -0.540. The summed E-state index contributed by atoms with van der Waals surface area (Å²) < 4.78 is 1.21. The van der Waals surface area contributed by atoms with Gasteiger partial charge in [0.1, 0.15) is 0 Å². The van der Waals surface area contributed by atoms with E-state index in [-0.39, 0.29) is 0 Å². The molecule has 1 aromatic carbocycles. The summed E-state index contributed by atoms with van der Waals surface area (Å²) in [5, 5.41) is 3.27. The van der Waals surface area contributed by atoms with Gasteiger partial charge in [-0.3, -0.25) is 0 Å². The molecule has 0 amide bonds. The van der Waals surface area contributed by atoms with Gasteiger partial charge in [-0.25, -0.2) is 0 Å². The summed E-state index contributed by atoms with van der Waals surface area (Å²) in [5.41, 5.74) is 2.66. The first-order valence-electron chi connectivity index (χ1n) is 6.37. The third-order valence-electron chi connectivity index (χ3n) is 3.77.